The maximum atomic E-state index is 6.15. The third kappa shape index (κ3) is 3.34. The van der Waals surface area contributed by atoms with Gasteiger partial charge in [0.2, 0.25) is 0 Å². The minimum absolute atomic E-state index is 0.0347. The molecule has 0 bridgehead atoms. The number of benzene rings is 1. The number of ether oxygens (including phenoxy) is 1. The lowest BCUT2D eigenvalue weighted by atomic mass is 10.0. The van der Waals surface area contributed by atoms with Crippen LogP contribution in [0.25, 0.3) is 0 Å². The minimum Gasteiger partial charge on any atom is -0.495 e. The first-order valence-electron chi connectivity index (χ1n) is 5.51. The van der Waals surface area contributed by atoms with Crippen molar-refractivity contribution in [3.8, 4) is 5.75 Å². The molecule has 1 unspecified atom stereocenters. The van der Waals surface area contributed by atoms with Gasteiger partial charge in [-0.15, -0.1) is 11.3 Å². The van der Waals surface area contributed by atoms with Crippen molar-refractivity contribution in [2.75, 3.05) is 14.2 Å². The molecule has 19 heavy (non-hydrogen) atoms. The molecule has 0 aliphatic heterocycles. The van der Waals surface area contributed by atoms with Gasteiger partial charge < -0.3 is 10.1 Å². The van der Waals surface area contributed by atoms with E-state index >= 15 is 0 Å². The molecule has 102 valence electrons. The first-order chi connectivity index (χ1) is 9.06. The van der Waals surface area contributed by atoms with E-state index in [0.29, 0.717) is 5.02 Å². The van der Waals surface area contributed by atoms with Crippen LogP contribution in [0.4, 0.5) is 0 Å². The fraction of sp³-hybridized carbons (Fsp3) is 0.231. The molecule has 0 aliphatic rings. The smallest absolute Gasteiger partial charge is 0.138 e. The van der Waals surface area contributed by atoms with Gasteiger partial charge in [-0.2, -0.15) is 0 Å². The van der Waals surface area contributed by atoms with Gasteiger partial charge in [0, 0.05) is 10.6 Å². The highest BCUT2D eigenvalue weighted by atomic mass is 79.9. The summed E-state index contributed by atoms with van der Waals surface area (Å²) in [5.74, 6) is 0.797. The lowest BCUT2D eigenvalue weighted by Crippen LogP contribution is -2.18. The predicted molar refractivity (Wildman–Crippen MR) is 88.6 cm³/mol. The Balaban J connectivity index is 2.54. The molecule has 1 N–H and O–H groups in total. The molecule has 1 aromatic carbocycles. The van der Waals surface area contributed by atoms with Crippen molar-refractivity contribution in [1.82, 2.24) is 5.32 Å². The average Bonchev–Trinajstić information content (AvgIpc) is 2.76. The second-order valence-electron chi connectivity index (χ2n) is 3.92. The summed E-state index contributed by atoms with van der Waals surface area (Å²) in [7, 11) is 3.58. The summed E-state index contributed by atoms with van der Waals surface area (Å²) in [6, 6.07) is 5.89. The fourth-order valence-electron chi connectivity index (χ4n) is 1.99. The number of hydrogen-bond donors (Lipinski definition) is 1. The number of halogens is 3. The normalized spacial score (nSPS) is 12.5. The third-order valence-corrected chi connectivity index (χ3v) is 5.09. The number of hydrogen-bond acceptors (Lipinski definition) is 3. The largest absolute Gasteiger partial charge is 0.495 e. The number of methoxy groups -OCH3 is 1. The molecule has 2 rings (SSSR count). The van der Waals surface area contributed by atoms with E-state index in [0.717, 1.165) is 19.6 Å². The van der Waals surface area contributed by atoms with Gasteiger partial charge in [0.05, 0.1) is 21.4 Å². The van der Waals surface area contributed by atoms with Gasteiger partial charge in [-0.3, -0.25) is 0 Å². The SMILES string of the molecule is CNC(c1csc(Br)c1)c1cc(Cl)cc(Br)c1OC. The molecule has 0 saturated carbocycles. The summed E-state index contributed by atoms with van der Waals surface area (Å²) in [4.78, 5) is 0. The van der Waals surface area contributed by atoms with Gasteiger partial charge in [-0.05, 0) is 68.1 Å². The standard InChI is InChI=1S/C13H12Br2ClNOS/c1-17-12(7-3-11(15)19-6-7)9-4-8(16)5-10(14)13(9)18-2/h3-6,12,17H,1-2H3. The molecular formula is C13H12Br2ClNOS. The molecule has 6 heteroatoms. The topological polar surface area (TPSA) is 21.3 Å². The molecule has 0 aliphatic carbocycles. The molecule has 0 radical (unpaired) electrons. The maximum Gasteiger partial charge on any atom is 0.138 e. The van der Waals surface area contributed by atoms with Crippen LogP contribution in [-0.4, -0.2) is 14.2 Å². The summed E-state index contributed by atoms with van der Waals surface area (Å²) in [5, 5.41) is 6.09. The molecule has 0 amide bonds. The lowest BCUT2D eigenvalue weighted by molar-refractivity contribution is 0.403. The maximum absolute atomic E-state index is 6.15. The lowest BCUT2D eigenvalue weighted by Gasteiger charge is -2.20. The van der Waals surface area contributed by atoms with Crippen LogP contribution in [0.3, 0.4) is 0 Å². The van der Waals surface area contributed by atoms with E-state index in [9.17, 15) is 0 Å². The van der Waals surface area contributed by atoms with Gasteiger partial charge >= 0.3 is 0 Å². The Kier molecular flexibility index (Phi) is 5.31. The highest BCUT2D eigenvalue weighted by Gasteiger charge is 2.20. The van der Waals surface area contributed by atoms with Crippen molar-refractivity contribution in [3.63, 3.8) is 0 Å². The fourth-order valence-corrected chi connectivity index (χ4v) is 4.18. The predicted octanol–water partition coefficient (Wildman–Crippen LogP) is 5.24. The van der Waals surface area contributed by atoms with Gasteiger partial charge in [-0.1, -0.05) is 11.6 Å². The molecule has 2 aromatic rings. The van der Waals surface area contributed by atoms with Crippen LogP contribution in [0, 0.1) is 0 Å². The molecule has 0 fully saturated rings. The van der Waals surface area contributed by atoms with Crippen molar-refractivity contribution in [2.24, 2.45) is 0 Å². The first kappa shape index (κ1) is 15.3. The second-order valence-corrected chi connectivity index (χ2v) is 7.50. The van der Waals surface area contributed by atoms with Crippen molar-refractivity contribution >= 4 is 54.8 Å². The molecule has 0 spiro atoms. The Morgan fingerprint density at radius 1 is 1.32 bits per heavy atom. The minimum atomic E-state index is 0.0347. The Labute approximate surface area is 138 Å². The third-order valence-electron chi connectivity index (χ3n) is 2.76. The van der Waals surface area contributed by atoms with Crippen LogP contribution in [0.1, 0.15) is 17.2 Å². The molecule has 2 nitrogen and oxygen atoms in total. The van der Waals surface area contributed by atoms with Crippen molar-refractivity contribution < 1.29 is 4.74 Å². The zero-order valence-corrected chi connectivity index (χ0v) is 15.1. The highest BCUT2D eigenvalue weighted by Crippen LogP contribution is 2.39. The monoisotopic (exact) mass is 423 g/mol. The molecule has 1 aromatic heterocycles. The zero-order valence-electron chi connectivity index (χ0n) is 10.3. The Hall–Kier alpha value is -0.0700. The summed E-state index contributed by atoms with van der Waals surface area (Å²) in [5.41, 5.74) is 2.18. The molecule has 1 heterocycles. The van der Waals surface area contributed by atoms with Crippen molar-refractivity contribution in [3.05, 3.63) is 48.0 Å². The van der Waals surface area contributed by atoms with E-state index in [1.807, 2.05) is 19.2 Å². The highest BCUT2D eigenvalue weighted by molar-refractivity contribution is 9.11. The number of rotatable bonds is 4. The van der Waals surface area contributed by atoms with Crippen LogP contribution >= 0.6 is 54.8 Å². The van der Waals surface area contributed by atoms with Gasteiger partial charge in [0.25, 0.3) is 0 Å². The number of thiophene rings is 1. The van der Waals surface area contributed by atoms with E-state index in [1.54, 1.807) is 18.4 Å². The summed E-state index contributed by atoms with van der Waals surface area (Å²) in [6.45, 7) is 0. The van der Waals surface area contributed by atoms with Crippen LogP contribution in [-0.2, 0) is 0 Å². The Morgan fingerprint density at radius 2 is 2.05 bits per heavy atom. The first-order valence-corrected chi connectivity index (χ1v) is 8.35. The Morgan fingerprint density at radius 3 is 2.58 bits per heavy atom. The van der Waals surface area contributed by atoms with Crippen LogP contribution in [0.5, 0.6) is 5.75 Å². The van der Waals surface area contributed by atoms with Gasteiger partial charge in [-0.25, -0.2) is 0 Å². The van der Waals surface area contributed by atoms with E-state index in [4.69, 9.17) is 16.3 Å². The average molecular weight is 426 g/mol. The molecule has 1 atom stereocenters. The van der Waals surface area contributed by atoms with E-state index in [2.05, 4.69) is 48.6 Å². The van der Waals surface area contributed by atoms with Crippen LogP contribution in [0.2, 0.25) is 5.02 Å². The molecule has 0 saturated heterocycles. The van der Waals surface area contributed by atoms with Crippen molar-refractivity contribution in [1.29, 1.82) is 0 Å². The summed E-state index contributed by atoms with van der Waals surface area (Å²) in [6.07, 6.45) is 0. The Bertz CT molecular complexity index is 588. The van der Waals surface area contributed by atoms with Crippen LogP contribution < -0.4 is 10.1 Å². The second kappa shape index (κ2) is 6.59. The number of nitrogens with one attached hydrogen (secondary N) is 1. The van der Waals surface area contributed by atoms with Gasteiger partial charge in [0.1, 0.15) is 5.75 Å². The van der Waals surface area contributed by atoms with E-state index in [1.165, 1.54) is 5.56 Å². The van der Waals surface area contributed by atoms with Gasteiger partial charge in [0.15, 0.2) is 0 Å². The molecular weight excluding hydrogens is 413 g/mol. The van der Waals surface area contributed by atoms with Crippen LogP contribution in [0.15, 0.2) is 31.8 Å². The van der Waals surface area contributed by atoms with Crippen molar-refractivity contribution in [2.45, 2.75) is 6.04 Å². The quantitative estimate of drug-likeness (QED) is 0.723. The van der Waals surface area contributed by atoms with E-state index < -0.39 is 0 Å². The summed E-state index contributed by atoms with van der Waals surface area (Å²) < 4.78 is 7.44. The van der Waals surface area contributed by atoms with E-state index in [-0.39, 0.29) is 6.04 Å². The summed E-state index contributed by atoms with van der Waals surface area (Å²) >= 11 is 14.8. The zero-order chi connectivity index (χ0) is 14.0.